The van der Waals surface area contributed by atoms with Crippen LogP contribution in [0.2, 0.25) is 0 Å². The van der Waals surface area contributed by atoms with Gasteiger partial charge < -0.3 is 14.8 Å². The molecule has 5 rings (SSSR count). The first-order chi connectivity index (χ1) is 15.4. The predicted molar refractivity (Wildman–Crippen MR) is 117 cm³/mol. The lowest BCUT2D eigenvalue weighted by molar-refractivity contribution is 0.0923. The Balaban J connectivity index is 1.35. The Labute approximate surface area is 184 Å². The van der Waals surface area contributed by atoms with Crippen LogP contribution >= 0.6 is 0 Å². The molecule has 160 valence electrons. The molecule has 0 atom stereocenters. The number of aryl methyl sites for hydroxylation is 2. The summed E-state index contributed by atoms with van der Waals surface area (Å²) in [5.74, 6) is 0.169. The Kier molecular flexibility index (Phi) is 4.66. The van der Waals surface area contributed by atoms with Crippen LogP contribution in [-0.4, -0.2) is 24.5 Å². The highest BCUT2D eigenvalue weighted by molar-refractivity contribution is 6.35. The third-order valence-corrected chi connectivity index (χ3v) is 5.63. The summed E-state index contributed by atoms with van der Waals surface area (Å²) in [7, 11) is 0. The van der Waals surface area contributed by atoms with E-state index in [0.717, 1.165) is 16.7 Å². The maximum absolute atomic E-state index is 13.1. The molecule has 2 aliphatic heterocycles. The first kappa shape index (κ1) is 19.8. The molecule has 2 aliphatic rings. The van der Waals surface area contributed by atoms with Crippen LogP contribution in [-0.2, 0) is 6.54 Å². The molecule has 7 nitrogen and oxygen atoms in total. The van der Waals surface area contributed by atoms with Gasteiger partial charge in [-0.2, -0.15) is 0 Å². The lowest BCUT2D eigenvalue weighted by Gasteiger charge is -2.16. The van der Waals surface area contributed by atoms with Gasteiger partial charge >= 0.3 is 0 Å². The van der Waals surface area contributed by atoms with Crippen molar-refractivity contribution in [2.45, 2.75) is 20.4 Å². The van der Waals surface area contributed by atoms with Crippen LogP contribution in [0.1, 0.15) is 47.8 Å². The van der Waals surface area contributed by atoms with Gasteiger partial charge in [0.2, 0.25) is 6.79 Å². The van der Waals surface area contributed by atoms with E-state index < -0.39 is 5.91 Å². The van der Waals surface area contributed by atoms with Crippen molar-refractivity contribution in [1.82, 2.24) is 5.32 Å². The normalized spacial score (nSPS) is 14.0. The van der Waals surface area contributed by atoms with E-state index in [0.29, 0.717) is 28.3 Å². The van der Waals surface area contributed by atoms with E-state index in [1.807, 2.05) is 38.1 Å². The molecule has 0 unspecified atom stereocenters. The number of ether oxygens (including phenoxy) is 2. The van der Waals surface area contributed by atoms with Crippen molar-refractivity contribution in [3.05, 3.63) is 88.0 Å². The molecule has 32 heavy (non-hydrogen) atoms. The van der Waals surface area contributed by atoms with Crippen molar-refractivity contribution >= 4 is 23.4 Å². The minimum Gasteiger partial charge on any atom is -0.454 e. The zero-order chi connectivity index (χ0) is 22.4. The number of hydrogen-bond acceptors (Lipinski definition) is 5. The summed E-state index contributed by atoms with van der Waals surface area (Å²) < 4.78 is 10.6. The fourth-order valence-electron chi connectivity index (χ4n) is 3.99. The molecular weight excluding hydrogens is 408 g/mol. The molecule has 0 fully saturated rings. The second-order valence-electron chi connectivity index (χ2n) is 7.87. The summed E-state index contributed by atoms with van der Waals surface area (Å²) in [5.41, 5.74) is 4.12. The average molecular weight is 428 g/mol. The van der Waals surface area contributed by atoms with Crippen molar-refractivity contribution in [3.63, 3.8) is 0 Å². The zero-order valence-corrected chi connectivity index (χ0v) is 17.6. The Morgan fingerprint density at radius 1 is 0.906 bits per heavy atom. The highest BCUT2D eigenvalue weighted by Crippen LogP contribution is 2.33. The fourth-order valence-corrected chi connectivity index (χ4v) is 3.99. The summed E-state index contributed by atoms with van der Waals surface area (Å²) >= 11 is 0. The van der Waals surface area contributed by atoms with E-state index in [4.69, 9.17) is 9.47 Å². The number of carbonyl (C=O) groups excluding carboxylic acids is 3. The average Bonchev–Trinajstić information content (AvgIpc) is 3.35. The van der Waals surface area contributed by atoms with Crippen molar-refractivity contribution in [2.24, 2.45) is 0 Å². The number of anilines is 1. The molecule has 0 bridgehead atoms. The predicted octanol–water partition coefficient (Wildman–Crippen LogP) is 3.76. The number of carbonyl (C=O) groups is 3. The molecule has 0 aliphatic carbocycles. The Hall–Kier alpha value is -4.13. The minimum absolute atomic E-state index is 0.187. The van der Waals surface area contributed by atoms with Gasteiger partial charge in [0, 0.05) is 12.1 Å². The number of benzene rings is 3. The van der Waals surface area contributed by atoms with Crippen molar-refractivity contribution in [3.8, 4) is 11.5 Å². The number of imide groups is 1. The summed E-state index contributed by atoms with van der Waals surface area (Å²) in [6.45, 7) is 4.29. The van der Waals surface area contributed by atoms with E-state index in [1.165, 1.54) is 17.0 Å². The number of nitrogens with one attached hydrogen (secondary N) is 1. The standard InChI is InChI=1S/C25H20N2O5/c1-14-3-7-20(15(2)9-14)27-24(29)18-6-5-17(11-19(18)25(27)30)23(28)26-12-16-4-8-21-22(10-16)32-13-31-21/h3-11H,12-13H2,1-2H3,(H,26,28). The Morgan fingerprint density at radius 3 is 2.50 bits per heavy atom. The molecule has 3 aromatic rings. The zero-order valence-electron chi connectivity index (χ0n) is 17.6. The van der Waals surface area contributed by atoms with Crippen molar-refractivity contribution in [1.29, 1.82) is 0 Å². The molecule has 0 radical (unpaired) electrons. The third kappa shape index (κ3) is 3.28. The van der Waals surface area contributed by atoms with Gasteiger partial charge in [-0.05, 0) is 61.4 Å². The summed E-state index contributed by atoms with van der Waals surface area (Å²) in [6.07, 6.45) is 0. The third-order valence-electron chi connectivity index (χ3n) is 5.63. The van der Waals surface area contributed by atoms with E-state index >= 15 is 0 Å². The van der Waals surface area contributed by atoms with E-state index in [9.17, 15) is 14.4 Å². The molecule has 0 aromatic heterocycles. The van der Waals surface area contributed by atoms with Crippen LogP contribution in [0, 0.1) is 13.8 Å². The number of fused-ring (bicyclic) bond motifs is 2. The highest BCUT2D eigenvalue weighted by atomic mass is 16.7. The van der Waals surface area contributed by atoms with Crippen molar-refractivity contribution < 1.29 is 23.9 Å². The Morgan fingerprint density at radius 2 is 1.69 bits per heavy atom. The van der Waals surface area contributed by atoms with Gasteiger partial charge in [0.1, 0.15) is 0 Å². The van der Waals surface area contributed by atoms with Crippen LogP contribution in [0.4, 0.5) is 5.69 Å². The van der Waals surface area contributed by atoms with Gasteiger partial charge in [0.25, 0.3) is 17.7 Å². The second-order valence-corrected chi connectivity index (χ2v) is 7.87. The van der Waals surface area contributed by atoms with Gasteiger partial charge in [0.15, 0.2) is 11.5 Å². The van der Waals surface area contributed by atoms with Crippen LogP contribution in [0.3, 0.4) is 0 Å². The summed E-state index contributed by atoms with van der Waals surface area (Å²) in [6, 6.07) is 15.6. The molecule has 1 N–H and O–H groups in total. The Bertz CT molecular complexity index is 1300. The van der Waals surface area contributed by atoms with Gasteiger partial charge in [-0.25, -0.2) is 4.90 Å². The lowest BCUT2D eigenvalue weighted by atomic mass is 10.1. The molecule has 7 heteroatoms. The molecule has 0 spiro atoms. The van der Waals surface area contributed by atoms with Crippen LogP contribution in [0.15, 0.2) is 54.6 Å². The van der Waals surface area contributed by atoms with E-state index in [1.54, 1.807) is 18.2 Å². The van der Waals surface area contributed by atoms with Crippen LogP contribution < -0.4 is 19.7 Å². The van der Waals surface area contributed by atoms with Gasteiger partial charge in [-0.1, -0.05) is 23.8 Å². The first-order valence-corrected chi connectivity index (χ1v) is 10.2. The molecule has 0 saturated carbocycles. The van der Waals surface area contributed by atoms with E-state index in [-0.39, 0.29) is 30.7 Å². The number of rotatable bonds is 4. The number of amides is 3. The quantitative estimate of drug-likeness (QED) is 0.640. The summed E-state index contributed by atoms with van der Waals surface area (Å²) in [4.78, 5) is 39.8. The first-order valence-electron chi connectivity index (χ1n) is 10.2. The molecule has 0 saturated heterocycles. The van der Waals surface area contributed by atoms with Gasteiger partial charge in [0.05, 0.1) is 16.8 Å². The number of hydrogen-bond donors (Lipinski definition) is 1. The molecular formula is C25H20N2O5. The SMILES string of the molecule is Cc1ccc(N2C(=O)c3ccc(C(=O)NCc4ccc5c(c4)OCO5)cc3C2=O)c(C)c1. The van der Waals surface area contributed by atoms with Crippen molar-refractivity contribution in [2.75, 3.05) is 11.7 Å². The number of nitrogens with zero attached hydrogens (tertiary/aromatic N) is 1. The van der Waals surface area contributed by atoms with Crippen LogP contribution in [0.25, 0.3) is 0 Å². The fraction of sp³-hybridized carbons (Fsp3) is 0.160. The molecule has 3 amide bonds. The maximum Gasteiger partial charge on any atom is 0.266 e. The minimum atomic E-state index is -0.428. The lowest BCUT2D eigenvalue weighted by Crippen LogP contribution is -2.30. The summed E-state index contributed by atoms with van der Waals surface area (Å²) in [5, 5.41) is 2.84. The highest BCUT2D eigenvalue weighted by Gasteiger charge is 2.37. The second kappa shape index (κ2) is 7.53. The molecule has 3 aromatic carbocycles. The van der Waals surface area contributed by atoms with Gasteiger partial charge in [-0.3, -0.25) is 14.4 Å². The topological polar surface area (TPSA) is 84.9 Å². The van der Waals surface area contributed by atoms with Crippen LogP contribution in [0.5, 0.6) is 11.5 Å². The van der Waals surface area contributed by atoms with E-state index in [2.05, 4.69) is 5.32 Å². The molecule has 2 heterocycles. The largest absolute Gasteiger partial charge is 0.454 e. The van der Waals surface area contributed by atoms with Gasteiger partial charge in [-0.15, -0.1) is 0 Å². The monoisotopic (exact) mass is 428 g/mol. The maximum atomic E-state index is 13.1. The smallest absolute Gasteiger partial charge is 0.266 e.